The number of rotatable bonds is 7. The van der Waals surface area contributed by atoms with E-state index in [1.54, 1.807) is 48.0 Å². The fourth-order valence-corrected chi connectivity index (χ4v) is 3.92. The van der Waals surface area contributed by atoms with E-state index in [0.29, 0.717) is 34.2 Å². The zero-order chi connectivity index (χ0) is 27.6. The Morgan fingerprint density at radius 3 is 2.59 bits per heavy atom. The van der Waals surface area contributed by atoms with Crippen LogP contribution in [0.5, 0.6) is 17.2 Å². The van der Waals surface area contributed by atoms with Gasteiger partial charge in [0.15, 0.2) is 0 Å². The van der Waals surface area contributed by atoms with Gasteiger partial charge in [0.2, 0.25) is 5.95 Å². The summed E-state index contributed by atoms with van der Waals surface area (Å²) in [5.41, 5.74) is 2.79. The zero-order valence-electron chi connectivity index (χ0n) is 20.7. The van der Waals surface area contributed by atoms with E-state index < -0.39 is 6.36 Å². The standard InChI is InChI=1S/C27H21F3N6O3.H2/c1-31-25(37)22-14-19(9-11-33-22)38-18-6-7-23-21(13-18)35-26(36(23)2)34-17-5-8-24(39-27(28,29)30)20(12-17)16-4-3-10-32-15-16;/h3-15H,1-2H3,(H,31,37)(H,34,35);1H. The normalized spacial score (nSPS) is 11.3. The van der Waals surface area contributed by atoms with E-state index in [0.717, 1.165) is 5.52 Å². The van der Waals surface area contributed by atoms with Gasteiger partial charge in [0.25, 0.3) is 5.91 Å². The van der Waals surface area contributed by atoms with Crippen molar-refractivity contribution >= 4 is 28.6 Å². The minimum Gasteiger partial charge on any atom is -0.457 e. The molecule has 0 aliphatic carbocycles. The molecule has 0 radical (unpaired) electrons. The van der Waals surface area contributed by atoms with Crippen LogP contribution >= 0.6 is 0 Å². The van der Waals surface area contributed by atoms with Crippen LogP contribution in [0.1, 0.15) is 11.9 Å². The van der Waals surface area contributed by atoms with E-state index in [-0.39, 0.29) is 24.3 Å². The molecule has 2 aromatic carbocycles. The number of nitrogens with zero attached hydrogens (tertiary/aromatic N) is 4. The largest absolute Gasteiger partial charge is 0.573 e. The Bertz CT molecular complexity index is 1660. The molecule has 0 aliphatic heterocycles. The lowest BCUT2D eigenvalue weighted by atomic mass is 10.1. The van der Waals surface area contributed by atoms with Gasteiger partial charge in [-0.3, -0.25) is 14.8 Å². The van der Waals surface area contributed by atoms with Crippen LogP contribution in [0.25, 0.3) is 22.2 Å². The highest BCUT2D eigenvalue weighted by Gasteiger charge is 2.32. The van der Waals surface area contributed by atoms with Crippen molar-refractivity contribution in [2.24, 2.45) is 7.05 Å². The highest BCUT2D eigenvalue weighted by Crippen LogP contribution is 2.36. The molecule has 0 fully saturated rings. The molecule has 0 unspecified atom stereocenters. The number of alkyl halides is 3. The monoisotopic (exact) mass is 536 g/mol. The number of amides is 1. The van der Waals surface area contributed by atoms with Crippen molar-refractivity contribution in [3.63, 3.8) is 0 Å². The average Bonchev–Trinajstić information content (AvgIpc) is 3.23. The first-order valence-electron chi connectivity index (χ1n) is 11.6. The van der Waals surface area contributed by atoms with Crippen molar-refractivity contribution in [1.82, 2.24) is 24.8 Å². The van der Waals surface area contributed by atoms with Crippen molar-refractivity contribution in [2.45, 2.75) is 6.36 Å². The summed E-state index contributed by atoms with van der Waals surface area (Å²) < 4.78 is 50.9. The van der Waals surface area contributed by atoms with Gasteiger partial charge in [-0.05, 0) is 42.5 Å². The third-order valence-electron chi connectivity index (χ3n) is 5.71. The lowest BCUT2D eigenvalue weighted by molar-refractivity contribution is -0.274. The van der Waals surface area contributed by atoms with Gasteiger partial charge in [-0.1, -0.05) is 6.07 Å². The van der Waals surface area contributed by atoms with Gasteiger partial charge in [-0.25, -0.2) is 4.98 Å². The molecule has 3 aromatic heterocycles. The second-order valence-corrected chi connectivity index (χ2v) is 8.33. The first-order valence-corrected chi connectivity index (χ1v) is 11.6. The minimum absolute atomic E-state index is 0. The molecule has 9 nitrogen and oxygen atoms in total. The molecule has 2 N–H and O–H groups in total. The van der Waals surface area contributed by atoms with E-state index in [4.69, 9.17) is 4.74 Å². The first-order chi connectivity index (χ1) is 18.7. The molecule has 0 saturated carbocycles. The van der Waals surface area contributed by atoms with E-state index in [1.807, 2.05) is 6.07 Å². The number of hydrogen-bond donors (Lipinski definition) is 2. The van der Waals surface area contributed by atoms with Crippen LogP contribution in [0.15, 0.2) is 79.3 Å². The van der Waals surface area contributed by atoms with E-state index in [1.165, 1.54) is 43.8 Å². The highest BCUT2D eigenvalue weighted by molar-refractivity contribution is 5.92. The Morgan fingerprint density at radius 1 is 1.03 bits per heavy atom. The molecular weight excluding hydrogens is 513 g/mol. The van der Waals surface area contributed by atoms with Crippen molar-refractivity contribution in [1.29, 1.82) is 0 Å². The van der Waals surface area contributed by atoms with Crippen molar-refractivity contribution < 1.29 is 28.9 Å². The number of hydrogen-bond acceptors (Lipinski definition) is 7. The van der Waals surface area contributed by atoms with E-state index in [9.17, 15) is 18.0 Å². The molecule has 0 saturated heterocycles. The molecule has 5 rings (SSSR count). The summed E-state index contributed by atoms with van der Waals surface area (Å²) in [5.74, 6) is 0.703. The maximum absolute atomic E-state index is 13.0. The summed E-state index contributed by atoms with van der Waals surface area (Å²) in [6.45, 7) is 0. The van der Waals surface area contributed by atoms with Crippen LogP contribution in [0.4, 0.5) is 24.8 Å². The summed E-state index contributed by atoms with van der Waals surface area (Å²) in [6, 6.07) is 16.0. The topological polar surface area (TPSA) is 103 Å². The number of carbonyl (C=O) groups is 1. The third kappa shape index (κ3) is 5.74. The molecule has 0 bridgehead atoms. The summed E-state index contributed by atoms with van der Waals surface area (Å²) in [7, 11) is 3.32. The second-order valence-electron chi connectivity index (χ2n) is 8.33. The maximum Gasteiger partial charge on any atom is 0.573 e. The summed E-state index contributed by atoms with van der Waals surface area (Å²) >= 11 is 0. The molecule has 5 aromatic rings. The third-order valence-corrected chi connectivity index (χ3v) is 5.71. The molecule has 39 heavy (non-hydrogen) atoms. The average molecular weight is 537 g/mol. The molecule has 200 valence electrons. The van der Waals surface area contributed by atoms with Gasteiger partial charge in [0.1, 0.15) is 22.9 Å². The second kappa shape index (κ2) is 10.3. The number of ether oxygens (including phenoxy) is 2. The SMILES string of the molecule is CNC(=O)c1cc(Oc2ccc3c(c2)nc(Nc2ccc(OC(F)(F)F)c(-c4cccnc4)c2)n3C)ccn1.[HH]. The van der Waals surface area contributed by atoms with Gasteiger partial charge in [-0.15, -0.1) is 13.2 Å². The fourth-order valence-electron chi connectivity index (χ4n) is 3.92. The quantitative estimate of drug-likeness (QED) is 0.260. The predicted octanol–water partition coefficient (Wildman–Crippen LogP) is 6.07. The molecular formula is C27H23F3N6O3. The van der Waals surface area contributed by atoms with Crippen molar-refractivity contribution in [3.05, 3.63) is 84.9 Å². The van der Waals surface area contributed by atoms with Crippen LogP contribution in [0.3, 0.4) is 0 Å². The van der Waals surface area contributed by atoms with Crippen molar-refractivity contribution in [3.8, 4) is 28.4 Å². The number of halogens is 3. The van der Waals surface area contributed by atoms with Crippen LogP contribution < -0.4 is 20.1 Å². The number of nitrogens with one attached hydrogen (secondary N) is 2. The molecule has 12 heteroatoms. The summed E-state index contributed by atoms with van der Waals surface area (Å²) in [4.78, 5) is 24.5. The van der Waals surface area contributed by atoms with Crippen LogP contribution in [0.2, 0.25) is 0 Å². The van der Waals surface area contributed by atoms with E-state index in [2.05, 4.69) is 30.3 Å². The zero-order valence-corrected chi connectivity index (χ0v) is 20.7. The molecule has 1 amide bonds. The molecule has 3 heterocycles. The Hall–Kier alpha value is -5.13. The Morgan fingerprint density at radius 2 is 1.85 bits per heavy atom. The number of aromatic nitrogens is 4. The minimum atomic E-state index is -4.84. The maximum atomic E-state index is 13.0. The van der Waals surface area contributed by atoms with Gasteiger partial charge in [0, 0.05) is 63.1 Å². The number of pyridine rings is 2. The van der Waals surface area contributed by atoms with Gasteiger partial charge >= 0.3 is 6.36 Å². The van der Waals surface area contributed by atoms with Gasteiger partial charge in [0.05, 0.1) is 11.0 Å². The lowest BCUT2D eigenvalue weighted by Gasteiger charge is -2.15. The number of aryl methyl sites for hydroxylation is 1. The number of benzene rings is 2. The lowest BCUT2D eigenvalue weighted by Crippen LogP contribution is -2.18. The highest BCUT2D eigenvalue weighted by atomic mass is 19.4. The first kappa shape index (κ1) is 25.5. The molecule has 0 atom stereocenters. The van der Waals surface area contributed by atoms with Crippen LogP contribution in [0, 0.1) is 0 Å². The van der Waals surface area contributed by atoms with Crippen molar-refractivity contribution in [2.75, 3.05) is 12.4 Å². The molecule has 0 spiro atoms. The summed E-state index contributed by atoms with van der Waals surface area (Å²) in [5, 5.41) is 5.67. The van der Waals surface area contributed by atoms with Crippen LogP contribution in [-0.4, -0.2) is 38.8 Å². The number of imidazole rings is 1. The summed E-state index contributed by atoms with van der Waals surface area (Å²) in [6.07, 6.45) is -0.377. The Labute approximate surface area is 221 Å². The number of anilines is 2. The van der Waals surface area contributed by atoms with E-state index >= 15 is 0 Å². The van der Waals surface area contributed by atoms with Crippen LogP contribution in [-0.2, 0) is 7.05 Å². The predicted molar refractivity (Wildman–Crippen MR) is 140 cm³/mol. The van der Waals surface area contributed by atoms with Gasteiger partial charge < -0.3 is 24.7 Å². The number of fused-ring (bicyclic) bond motifs is 1. The molecule has 0 aliphatic rings. The van der Waals surface area contributed by atoms with Gasteiger partial charge in [-0.2, -0.15) is 0 Å². The number of carbonyl (C=O) groups excluding carboxylic acids is 1. The Kier molecular flexibility index (Phi) is 6.75. The Balaban J connectivity index is 0.00000370. The fraction of sp³-hybridized carbons (Fsp3) is 0.111. The smallest absolute Gasteiger partial charge is 0.457 e.